The van der Waals surface area contributed by atoms with E-state index >= 15 is 0 Å². The van der Waals surface area contributed by atoms with Gasteiger partial charge in [-0.05, 0) is 25.1 Å². The second-order valence-electron chi connectivity index (χ2n) is 5.44. The summed E-state index contributed by atoms with van der Waals surface area (Å²) in [6.45, 7) is 5.08. The van der Waals surface area contributed by atoms with Crippen molar-refractivity contribution in [2.45, 2.75) is 6.92 Å². The minimum absolute atomic E-state index is 0.0632. The Morgan fingerprint density at radius 2 is 2.00 bits per heavy atom. The molecule has 1 fully saturated rings. The number of carbonyl (C=O) groups is 1. The van der Waals surface area contributed by atoms with E-state index in [2.05, 4.69) is 25.4 Å². The van der Waals surface area contributed by atoms with Crippen LogP contribution in [0.1, 0.15) is 17.3 Å². The van der Waals surface area contributed by atoms with Crippen molar-refractivity contribution >= 4 is 17.5 Å². The Morgan fingerprint density at radius 3 is 2.62 bits per heavy atom. The fourth-order valence-electron chi connectivity index (χ4n) is 2.63. The molecule has 1 saturated heterocycles. The van der Waals surface area contributed by atoms with E-state index in [4.69, 9.17) is 0 Å². The molecule has 0 radical (unpaired) electrons. The molecule has 0 unspecified atom stereocenters. The molecule has 0 aromatic carbocycles. The summed E-state index contributed by atoms with van der Waals surface area (Å²) >= 11 is 0. The smallest absolute Gasteiger partial charge is 0.257 e. The highest BCUT2D eigenvalue weighted by Gasteiger charge is 2.24. The molecule has 0 aliphatic carbocycles. The van der Waals surface area contributed by atoms with Gasteiger partial charge in [0.05, 0.1) is 11.8 Å². The molecule has 0 bridgehead atoms. The highest BCUT2D eigenvalue weighted by atomic mass is 19.1. The number of pyridine rings is 1. The summed E-state index contributed by atoms with van der Waals surface area (Å²) < 4.78 is 13.7. The van der Waals surface area contributed by atoms with Crippen LogP contribution in [0.15, 0.2) is 30.6 Å². The Hall–Kier alpha value is -2.77. The minimum atomic E-state index is -0.588. The summed E-state index contributed by atoms with van der Waals surface area (Å²) in [5, 5.41) is 11.4. The van der Waals surface area contributed by atoms with Gasteiger partial charge in [0.15, 0.2) is 11.6 Å². The summed E-state index contributed by atoms with van der Waals surface area (Å²) in [5.74, 6) is 0.625. The maximum Gasteiger partial charge on any atom is 0.257 e. The number of anilines is 2. The van der Waals surface area contributed by atoms with Gasteiger partial charge in [0.25, 0.3) is 5.91 Å². The molecule has 0 spiro atoms. The lowest BCUT2D eigenvalue weighted by Crippen LogP contribution is -2.49. The van der Waals surface area contributed by atoms with Crippen LogP contribution in [0.3, 0.4) is 0 Å². The highest BCUT2D eigenvalue weighted by molar-refractivity contribution is 5.94. The lowest BCUT2D eigenvalue weighted by atomic mass is 10.2. The summed E-state index contributed by atoms with van der Waals surface area (Å²) in [5.41, 5.74) is 0.0632. The van der Waals surface area contributed by atoms with Gasteiger partial charge in [0.1, 0.15) is 5.82 Å². The molecular weight excluding hydrogens is 311 g/mol. The number of nitrogens with zero attached hydrogens (tertiary/aromatic N) is 5. The van der Waals surface area contributed by atoms with Crippen molar-refractivity contribution in [1.29, 1.82) is 0 Å². The zero-order chi connectivity index (χ0) is 16.9. The molecular formula is C16H19FN6O. The predicted octanol–water partition coefficient (Wildman–Crippen LogP) is 1.40. The minimum Gasteiger partial charge on any atom is -0.369 e. The van der Waals surface area contributed by atoms with Crippen LogP contribution in [0, 0.1) is 5.82 Å². The lowest BCUT2D eigenvalue weighted by Gasteiger charge is -2.35. The quantitative estimate of drug-likeness (QED) is 0.913. The number of rotatable bonds is 4. The van der Waals surface area contributed by atoms with Crippen molar-refractivity contribution in [3.8, 4) is 0 Å². The monoisotopic (exact) mass is 330 g/mol. The van der Waals surface area contributed by atoms with E-state index in [-0.39, 0.29) is 11.5 Å². The Bertz CT molecular complexity index is 700. The second-order valence-corrected chi connectivity index (χ2v) is 5.44. The number of halogens is 1. The largest absolute Gasteiger partial charge is 0.369 e. The second kappa shape index (κ2) is 7.20. The van der Waals surface area contributed by atoms with Crippen LogP contribution in [0.5, 0.6) is 0 Å². The first-order valence-corrected chi connectivity index (χ1v) is 7.90. The van der Waals surface area contributed by atoms with Crippen LogP contribution in [0.2, 0.25) is 0 Å². The molecule has 1 amide bonds. The fourth-order valence-corrected chi connectivity index (χ4v) is 2.63. The molecule has 0 atom stereocenters. The number of carbonyl (C=O) groups excluding carboxylic acids is 1. The topological polar surface area (TPSA) is 74.2 Å². The molecule has 1 N–H and O–H groups in total. The van der Waals surface area contributed by atoms with Gasteiger partial charge in [-0.2, -0.15) is 0 Å². The van der Waals surface area contributed by atoms with E-state index in [0.717, 1.165) is 24.4 Å². The van der Waals surface area contributed by atoms with Crippen LogP contribution < -0.4 is 10.2 Å². The molecule has 0 saturated carbocycles. The summed E-state index contributed by atoms with van der Waals surface area (Å²) in [6, 6.07) is 5.20. The molecule has 24 heavy (non-hydrogen) atoms. The summed E-state index contributed by atoms with van der Waals surface area (Å²) in [7, 11) is 0. The highest BCUT2D eigenvalue weighted by Crippen LogP contribution is 2.16. The normalized spacial score (nSPS) is 14.6. The van der Waals surface area contributed by atoms with Gasteiger partial charge in [-0.15, -0.1) is 10.2 Å². The first-order chi connectivity index (χ1) is 11.7. The van der Waals surface area contributed by atoms with Crippen molar-refractivity contribution in [3.63, 3.8) is 0 Å². The SMILES string of the molecule is CCNc1ccc(N2CCN(C(=O)c3ccncc3F)CC2)nn1. The number of nitrogens with one attached hydrogen (secondary N) is 1. The van der Waals surface area contributed by atoms with E-state index in [1.54, 1.807) is 4.90 Å². The molecule has 3 heterocycles. The average Bonchev–Trinajstić information content (AvgIpc) is 2.63. The van der Waals surface area contributed by atoms with Crippen LogP contribution in [-0.2, 0) is 0 Å². The molecule has 8 heteroatoms. The Balaban J connectivity index is 1.61. The van der Waals surface area contributed by atoms with E-state index in [9.17, 15) is 9.18 Å². The van der Waals surface area contributed by atoms with Gasteiger partial charge >= 0.3 is 0 Å². The predicted molar refractivity (Wildman–Crippen MR) is 88.5 cm³/mol. The van der Waals surface area contributed by atoms with Gasteiger partial charge < -0.3 is 15.1 Å². The Labute approximate surface area is 139 Å². The first kappa shape index (κ1) is 16.1. The zero-order valence-electron chi connectivity index (χ0n) is 13.4. The third kappa shape index (κ3) is 3.42. The van der Waals surface area contributed by atoms with Crippen molar-refractivity contribution in [3.05, 3.63) is 42.0 Å². The standard InChI is InChI=1S/C16H19FN6O/c1-2-19-14-3-4-15(21-20-14)22-7-9-23(10-8-22)16(24)12-5-6-18-11-13(12)17/h3-6,11H,2,7-10H2,1H3,(H,19,20). The van der Waals surface area contributed by atoms with Crippen LogP contribution >= 0.6 is 0 Å². The maximum absolute atomic E-state index is 13.7. The third-order valence-electron chi connectivity index (χ3n) is 3.90. The lowest BCUT2D eigenvalue weighted by molar-refractivity contribution is 0.0741. The van der Waals surface area contributed by atoms with Crippen molar-refractivity contribution in [1.82, 2.24) is 20.1 Å². The summed E-state index contributed by atoms with van der Waals surface area (Å²) in [6.07, 6.45) is 2.49. The number of hydrogen-bond acceptors (Lipinski definition) is 6. The number of aromatic nitrogens is 3. The van der Waals surface area contributed by atoms with Crippen LogP contribution in [0.4, 0.5) is 16.0 Å². The summed E-state index contributed by atoms with van der Waals surface area (Å²) in [4.78, 5) is 19.8. The van der Waals surface area contributed by atoms with Crippen molar-refractivity contribution in [2.24, 2.45) is 0 Å². The van der Waals surface area contributed by atoms with Gasteiger partial charge in [0.2, 0.25) is 0 Å². The Kier molecular flexibility index (Phi) is 4.83. The van der Waals surface area contributed by atoms with E-state index < -0.39 is 5.82 Å². The van der Waals surface area contributed by atoms with Gasteiger partial charge in [0, 0.05) is 38.9 Å². The van der Waals surface area contributed by atoms with Crippen LogP contribution in [-0.4, -0.2) is 58.7 Å². The Morgan fingerprint density at radius 1 is 1.21 bits per heavy atom. The maximum atomic E-state index is 13.7. The van der Waals surface area contributed by atoms with Crippen molar-refractivity contribution < 1.29 is 9.18 Å². The number of amides is 1. The van der Waals surface area contributed by atoms with E-state index in [1.165, 1.54) is 12.3 Å². The first-order valence-electron chi connectivity index (χ1n) is 7.90. The number of piperazine rings is 1. The molecule has 126 valence electrons. The third-order valence-corrected chi connectivity index (χ3v) is 3.90. The molecule has 7 nitrogen and oxygen atoms in total. The molecule has 2 aromatic rings. The zero-order valence-corrected chi connectivity index (χ0v) is 13.4. The van der Waals surface area contributed by atoms with Gasteiger partial charge in [-0.25, -0.2) is 4.39 Å². The molecule has 2 aromatic heterocycles. The van der Waals surface area contributed by atoms with Gasteiger partial charge in [-0.1, -0.05) is 0 Å². The molecule has 1 aliphatic rings. The number of hydrogen-bond donors (Lipinski definition) is 1. The van der Waals surface area contributed by atoms with E-state index in [1.807, 2.05) is 19.1 Å². The van der Waals surface area contributed by atoms with Gasteiger partial charge in [-0.3, -0.25) is 9.78 Å². The fraction of sp³-hybridized carbons (Fsp3) is 0.375. The van der Waals surface area contributed by atoms with E-state index in [0.29, 0.717) is 26.2 Å². The molecule has 1 aliphatic heterocycles. The van der Waals surface area contributed by atoms with Crippen LogP contribution in [0.25, 0.3) is 0 Å². The van der Waals surface area contributed by atoms with Crippen molar-refractivity contribution in [2.75, 3.05) is 42.9 Å². The molecule has 3 rings (SSSR count). The average molecular weight is 330 g/mol.